The van der Waals surface area contributed by atoms with E-state index in [1.807, 2.05) is 12.1 Å². The molecule has 0 saturated heterocycles. The Hall–Kier alpha value is -2.14. The molecular formula is C16H17F2NO2. The van der Waals surface area contributed by atoms with E-state index >= 15 is 0 Å². The van der Waals surface area contributed by atoms with Gasteiger partial charge >= 0.3 is 6.61 Å². The molecule has 0 amide bonds. The highest BCUT2D eigenvalue weighted by Gasteiger charge is 2.03. The highest BCUT2D eigenvalue weighted by molar-refractivity contribution is 5.27. The van der Waals surface area contributed by atoms with Crippen molar-refractivity contribution in [2.75, 3.05) is 6.54 Å². The smallest absolute Gasteiger partial charge is 0.387 e. The quantitative estimate of drug-likeness (QED) is 0.769. The summed E-state index contributed by atoms with van der Waals surface area (Å²) in [4.78, 5) is 0. The lowest BCUT2D eigenvalue weighted by Crippen LogP contribution is -2.16. The number of phenolic OH excluding ortho intramolecular Hbond substituents is 1. The van der Waals surface area contributed by atoms with Gasteiger partial charge in [0.25, 0.3) is 0 Å². The van der Waals surface area contributed by atoms with Crippen LogP contribution in [-0.2, 0) is 13.0 Å². The van der Waals surface area contributed by atoms with Gasteiger partial charge in [-0.05, 0) is 48.4 Å². The number of ether oxygens (including phenoxy) is 1. The molecular weight excluding hydrogens is 276 g/mol. The first-order valence-electron chi connectivity index (χ1n) is 6.66. The Bertz CT molecular complexity index is 541. The Morgan fingerprint density at radius 2 is 1.57 bits per heavy atom. The predicted octanol–water partition coefficient (Wildman–Crippen LogP) is 3.33. The topological polar surface area (TPSA) is 41.5 Å². The highest BCUT2D eigenvalue weighted by Crippen LogP contribution is 2.14. The van der Waals surface area contributed by atoms with Crippen molar-refractivity contribution in [3.63, 3.8) is 0 Å². The van der Waals surface area contributed by atoms with Crippen LogP contribution in [0.1, 0.15) is 11.1 Å². The molecule has 2 aromatic carbocycles. The van der Waals surface area contributed by atoms with Crippen LogP contribution < -0.4 is 10.1 Å². The second-order valence-electron chi connectivity index (χ2n) is 4.62. The summed E-state index contributed by atoms with van der Waals surface area (Å²) in [6.07, 6.45) is 0.854. The number of nitrogens with one attached hydrogen (secondary N) is 1. The third-order valence-corrected chi connectivity index (χ3v) is 3.00. The molecule has 5 heteroatoms. The molecule has 0 aliphatic rings. The van der Waals surface area contributed by atoms with Gasteiger partial charge in [-0.25, -0.2) is 0 Å². The van der Waals surface area contributed by atoms with E-state index in [4.69, 9.17) is 0 Å². The first kappa shape index (κ1) is 15.3. The van der Waals surface area contributed by atoms with E-state index in [1.165, 1.54) is 12.1 Å². The summed E-state index contributed by atoms with van der Waals surface area (Å²) in [5.41, 5.74) is 2.14. The van der Waals surface area contributed by atoms with Crippen molar-refractivity contribution < 1.29 is 18.6 Å². The first-order valence-corrected chi connectivity index (χ1v) is 6.66. The summed E-state index contributed by atoms with van der Waals surface area (Å²) >= 11 is 0. The molecule has 0 aliphatic carbocycles. The molecule has 21 heavy (non-hydrogen) atoms. The average molecular weight is 293 g/mol. The number of rotatable bonds is 7. The number of hydrogen-bond acceptors (Lipinski definition) is 3. The van der Waals surface area contributed by atoms with Gasteiger partial charge in [-0.2, -0.15) is 8.78 Å². The molecule has 0 bridgehead atoms. The SMILES string of the molecule is Oc1ccc(CCNCc2ccc(OC(F)F)cc2)cc1. The Kier molecular flexibility index (Phi) is 5.51. The third kappa shape index (κ3) is 5.39. The summed E-state index contributed by atoms with van der Waals surface area (Å²) < 4.78 is 28.3. The average Bonchev–Trinajstić information content (AvgIpc) is 2.46. The maximum Gasteiger partial charge on any atom is 0.387 e. The zero-order chi connectivity index (χ0) is 15.1. The van der Waals surface area contributed by atoms with E-state index in [1.54, 1.807) is 24.3 Å². The van der Waals surface area contributed by atoms with Crippen molar-refractivity contribution in [3.8, 4) is 11.5 Å². The fourth-order valence-electron chi connectivity index (χ4n) is 1.92. The molecule has 0 spiro atoms. The van der Waals surface area contributed by atoms with Gasteiger partial charge in [0, 0.05) is 6.54 Å². The largest absolute Gasteiger partial charge is 0.508 e. The molecule has 0 fully saturated rings. The lowest BCUT2D eigenvalue weighted by atomic mass is 10.1. The molecule has 112 valence electrons. The predicted molar refractivity (Wildman–Crippen MR) is 76.6 cm³/mol. The van der Waals surface area contributed by atoms with E-state index in [9.17, 15) is 13.9 Å². The Morgan fingerprint density at radius 3 is 2.19 bits per heavy atom. The number of halogens is 2. The molecule has 0 atom stereocenters. The molecule has 0 saturated carbocycles. The minimum absolute atomic E-state index is 0.165. The van der Waals surface area contributed by atoms with Crippen LogP contribution in [0.15, 0.2) is 48.5 Å². The zero-order valence-electron chi connectivity index (χ0n) is 11.4. The fraction of sp³-hybridized carbons (Fsp3) is 0.250. The Balaban J connectivity index is 1.72. The lowest BCUT2D eigenvalue weighted by Gasteiger charge is -2.07. The van der Waals surface area contributed by atoms with E-state index in [0.29, 0.717) is 6.54 Å². The van der Waals surface area contributed by atoms with Crippen LogP contribution in [-0.4, -0.2) is 18.3 Å². The van der Waals surface area contributed by atoms with Gasteiger partial charge in [0.2, 0.25) is 0 Å². The second kappa shape index (κ2) is 7.59. The number of phenols is 1. The number of hydrogen-bond donors (Lipinski definition) is 2. The molecule has 3 nitrogen and oxygen atoms in total. The van der Waals surface area contributed by atoms with Gasteiger partial charge in [-0.1, -0.05) is 24.3 Å². The van der Waals surface area contributed by atoms with Crippen LogP contribution in [0.25, 0.3) is 0 Å². The summed E-state index contributed by atoms with van der Waals surface area (Å²) in [6.45, 7) is -1.34. The minimum atomic E-state index is -2.79. The van der Waals surface area contributed by atoms with Gasteiger partial charge in [0.1, 0.15) is 11.5 Å². The lowest BCUT2D eigenvalue weighted by molar-refractivity contribution is -0.0498. The number of alkyl halides is 2. The van der Waals surface area contributed by atoms with Gasteiger partial charge < -0.3 is 15.2 Å². The fourth-order valence-corrected chi connectivity index (χ4v) is 1.92. The molecule has 0 radical (unpaired) electrons. The summed E-state index contributed by atoms with van der Waals surface area (Å²) in [5, 5.41) is 12.5. The van der Waals surface area contributed by atoms with Crippen LogP contribution in [0.4, 0.5) is 8.78 Å². The van der Waals surface area contributed by atoms with E-state index in [2.05, 4.69) is 10.1 Å². The zero-order valence-corrected chi connectivity index (χ0v) is 11.4. The maximum absolute atomic E-state index is 12.0. The Morgan fingerprint density at radius 1 is 0.952 bits per heavy atom. The Labute approximate surface area is 122 Å². The summed E-state index contributed by atoms with van der Waals surface area (Å²) in [5.74, 6) is 0.427. The van der Waals surface area contributed by atoms with Crippen molar-refractivity contribution in [2.24, 2.45) is 0 Å². The normalized spacial score (nSPS) is 10.8. The standard InChI is InChI=1S/C16H17F2NO2/c17-16(18)21-15-7-3-13(4-8-15)11-19-10-9-12-1-5-14(20)6-2-12/h1-8,16,19-20H,9-11H2. The highest BCUT2D eigenvalue weighted by atomic mass is 19.3. The van der Waals surface area contributed by atoms with Crippen molar-refractivity contribution in [3.05, 3.63) is 59.7 Å². The molecule has 2 rings (SSSR count). The van der Waals surface area contributed by atoms with Crippen molar-refractivity contribution in [1.29, 1.82) is 0 Å². The first-order chi connectivity index (χ1) is 10.1. The molecule has 0 aliphatic heterocycles. The van der Waals surface area contributed by atoms with Gasteiger partial charge in [-0.15, -0.1) is 0 Å². The number of aromatic hydroxyl groups is 1. The molecule has 0 heterocycles. The molecule has 0 aromatic heterocycles. The van der Waals surface area contributed by atoms with Gasteiger partial charge in [0.15, 0.2) is 0 Å². The molecule has 0 unspecified atom stereocenters. The van der Waals surface area contributed by atoms with E-state index < -0.39 is 6.61 Å². The maximum atomic E-state index is 12.0. The van der Waals surface area contributed by atoms with Gasteiger partial charge in [-0.3, -0.25) is 0 Å². The van der Waals surface area contributed by atoms with Crippen LogP contribution in [0, 0.1) is 0 Å². The van der Waals surface area contributed by atoms with E-state index in [-0.39, 0.29) is 11.5 Å². The van der Waals surface area contributed by atoms with Crippen LogP contribution in [0.2, 0.25) is 0 Å². The summed E-state index contributed by atoms with van der Waals surface area (Å²) in [6, 6.07) is 13.7. The summed E-state index contributed by atoms with van der Waals surface area (Å²) in [7, 11) is 0. The van der Waals surface area contributed by atoms with Crippen LogP contribution in [0.3, 0.4) is 0 Å². The molecule has 2 aromatic rings. The minimum Gasteiger partial charge on any atom is -0.508 e. The van der Waals surface area contributed by atoms with Gasteiger partial charge in [0.05, 0.1) is 0 Å². The van der Waals surface area contributed by atoms with Crippen molar-refractivity contribution in [2.45, 2.75) is 19.6 Å². The third-order valence-electron chi connectivity index (χ3n) is 3.00. The molecule has 2 N–H and O–H groups in total. The number of benzene rings is 2. The van der Waals surface area contributed by atoms with Crippen molar-refractivity contribution in [1.82, 2.24) is 5.32 Å². The second-order valence-corrected chi connectivity index (χ2v) is 4.62. The van der Waals surface area contributed by atoms with E-state index in [0.717, 1.165) is 24.1 Å². The monoisotopic (exact) mass is 293 g/mol. The van der Waals surface area contributed by atoms with Crippen LogP contribution in [0.5, 0.6) is 11.5 Å². The van der Waals surface area contributed by atoms with Crippen molar-refractivity contribution >= 4 is 0 Å². The van der Waals surface area contributed by atoms with Crippen LogP contribution >= 0.6 is 0 Å².